The lowest BCUT2D eigenvalue weighted by molar-refractivity contribution is 1.26. The SMILES string of the molecule is CN=CCc1nc2cc(Br)ccc2s1. The summed E-state index contributed by atoms with van der Waals surface area (Å²) in [4.78, 5) is 8.46. The van der Waals surface area contributed by atoms with Crippen LogP contribution in [0.25, 0.3) is 10.2 Å². The summed E-state index contributed by atoms with van der Waals surface area (Å²) in [5.41, 5.74) is 1.06. The molecule has 0 N–H and O–H groups in total. The highest BCUT2D eigenvalue weighted by Crippen LogP contribution is 2.25. The lowest BCUT2D eigenvalue weighted by Gasteiger charge is -1.87. The number of halogens is 1. The molecule has 0 atom stereocenters. The Labute approximate surface area is 94.8 Å². The van der Waals surface area contributed by atoms with E-state index < -0.39 is 0 Å². The number of hydrogen-bond donors (Lipinski definition) is 0. The smallest absolute Gasteiger partial charge is 0.0991 e. The molecular weight excluding hydrogens is 260 g/mol. The second-order valence-corrected chi connectivity index (χ2v) is 4.90. The Bertz CT molecular complexity index is 476. The highest BCUT2D eigenvalue weighted by Gasteiger charge is 2.02. The minimum Gasteiger partial charge on any atom is -0.300 e. The highest BCUT2D eigenvalue weighted by molar-refractivity contribution is 9.10. The molecule has 2 nitrogen and oxygen atoms in total. The number of nitrogens with zero attached hydrogens (tertiary/aromatic N) is 2. The summed E-state index contributed by atoms with van der Waals surface area (Å²) in [7, 11) is 1.78. The number of aliphatic imine (C=N–C) groups is 1. The molecule has 2 aromatic rings. The van der Waals surface area contributed by atoms with E-state index in [0.29, 0.717) is 0 Å². The first-order chi connectivity index (χ1) is 6.79. The molecule has 0 unspecified atom stereocenters. The van der Waals surface area contributed by atoms with E-state index in [1.807, 2.05) is 18.3 Å². The fraction of sp³-hybridized carbons (Fsp3) is 0.200. The molecule has 14 heavy (non-hydrogen) atoms. The standard InChI is InChI=1S/C10H9BrN2S/c1-12-5-4-10-13-8-6-7(11)2-3-9(8)14-10/h2-3,5-6H,4H2,1H3. The molecule has 1 aromatic carbocycles. The third-order valence-electron chi connectivity index (χ3n) is 1.84. The molecule has 0 fully saturated rings. The molecule has 0 bridgehead atoms. The van der Waals surface area contributed by atoms with Gasteiger partial charge in [0, 0.05) is 24.2 Å². The molecule has 0 amide bonds. The van der Waals surface area contributed by atoms with Gasteiger partial charge < -0.3 is 4.99 Å². The van der Waals surface area contributed by atoms with E-state index in [-0.39, 0.29) is 0 Å². The molecule has 0 aliphatic heterocycles. The van der Waals surface area contributed by atoms with Crippen LogP contribution in [-0.2, 0) is 6.42 Å². The molecule has 0 radical (unpaired) electrons. The van der Waals surface area contributed by atoms with Crippen molar-refractivity contribution in [1.82, 2.24) is 4.98 Å². The lowest BCUT2D eigenvalue weighted by atomic mass is 10.3. The Morgan fingerprint density at radius 2 is 2.43 bits per heavy atom. The van der Waals surface area contributed by atoms with Crippen molar-refractivity contribution in [2.24, 2.45) is 4.99 Å². The van der Waals surface area contributed by atoms with Gasteiger partial charge in [-0.25, -0.2) is 4.98 Å². The minimum absolute atomic E-state index is 0.827. The van der Waals surface area contributed by atoms with Gasteiger partial charge in [-0.2, -0.15) is 0 Å². The van der Waals surface area contributed by atoms with E-state index >= 15 is 0 Å². The van der Waals surface area contributed by atoms with Crippen molar-refractivity contribution in [1.29, 1.82) is 0 Å². The second kappa shape index (κ2) is 4.19. The third-order valence-corrected chi connectivity index (χ3v) is 3.39. The number of rotatable bonds is 2. The maximum absolute atomic E-state index is 4.51. The number of fused-ring (bicyclic) bond motifs is 1. The molecule has 72 valence electrons. The predicted octanol–water partition coefficient (Wildman–Crippen LogP) is 3.30. The molecule has 0 aliphatic carbocycles. The van der Waals surface area contributed by atoms with Crippen LogP contribution in [0.2, 0.25) is 0 Å². The van der Waals surface area contributed by atoms with Crippen molar-refractivity contribution in [2.45, 2.75) is 6.42 Å². The molecule has 0 spiro atoms. The van der Waals surface area contributed by atoms with Gasteiger partial charge in [0.15, 0.2) is 0 Å². The first-order valence-electron chi connectivity index (χ1n) is 4.25. The zero-order valence-corrected chi connectivity index (χ0v) is 10.1. The van der Waals surface area contributed by atoms with E-state index in [4.69, 9.17) is 0 Å². The van der Waals surface area contributed by atoms with Crippen molar-refractivity contribution >= 4 is 43.7 Å². The van der Waals surface area contributed by atoms with Crippen LogP contribution in [0.1, 0.15) is 5.01 Å². The van der Waals surface area contributed by atoms with Crippen molar-refractivity contribution in [3.8, 4) is 0 Å². The highest BCUT2D eigenvalue weighted by atomic mass is 79.9. The number of thiazole rings is 1. The Balaban J connectivity index is 2.41. The van der Waals surface area contributed by atoms with Crippen LogP contribution in [-0.4, -0.2) is 18.2 Å². The average molecular weight is 269 g/mol. The van der Waals surface area contributed by atoms with Gasteiger partial charge in [-0.05, 0) is 18.2 Å². The molecule has 1 aromatic heterocycles. The van der Waals surface area contributed by atoms with Gasteiger partial charge in [-0.1, -0.05) is 15.9 Å². The van der Waals surface area contributed by atoms with Gasteiger partial charge in [-0.15, -0.1) is 11.3 Å². The van der Waals surface area contributed by atoms with Crippen molar-refractivity contribution in [2.75, 3.05) is 7.05 Å². The largest absolute Gasteiger partial charge is 0.300 e. The maximum Gasteiger partial charge on any atom is 0.0991 e. The zero-order valence-electron chi connectivity index (χ0n) is 7.70. The van der Waals surface area contributed by atoms with Gasteiger partial charge in [0.05, 0.1) is 15.2 Å². The van der Waals surface area contributed by atoms with Crippen molar-refractivity contribution in [3.63, 3.8) is 0 Å². The van der Waals surface area contributed by atoms with Crippen LogP contribution < -0.4 is 0 Å². The fourth-order valence-electron chi connectivity index (χ4n) is 1.20. The van der Waals surface area contributed by atoms with Crippen LogP contribution in [0.4, 0.5) is 0 Å². The van der Waals surface area contributed by atoms with E-state index in [1.165, 1.54) is 4.70 Å². The first kappa shape index (κ1) is 9.80. The Morgan fingerprint density at radius 3 is 3.21 bits per heavy atom. The normalized spacial score (nSPS) is 11.6. The van der Waals surface area contributed by atoms with Crippen LogP contribution in [0.15, 0.2) is 27.7 Å². The topological polar surface area (TPSA) is 25.2 Å². The maximum atomic E-state index is 4.51. The van der Waals surface area contributed by atoms with Gasteiger partial charge in [0.1, 0.15) is 0 Å². The first-order valence-corrected chi connectivity index (χ1v) is 5.86. The summed E-state index contributed by atoms with van der Waals surface area (Å²) < 4.78 is 2.30. The second-order valence-electron chi connectivity index (χ2n) is 2.86. The summed E-state index contributed by atoms with van der Waals surface area (Å²) in [6, 6.07) is 6.17. The van der Waals surface area contributed by atoms with E-state index in [2.05, 4.69) is 32.0 Å². The molecule has 1 heterocycles. The number of aromatic nitrogens is 1. The van der Waals surface area contributed by atoms with Crippen LogP contribution >= 0.6 is 27.3 Å². The molecule has 0 saturated heterocycles. The number of benzene rings is 1. The van der Waals surface area contributed by atoms with Gasteiger partial charge in [-0.3, -0.25) is 0 Å². The quantitative estimate of drug-likeness (QED) is 0.768. The molecule has 0 aliphatic rings. The summed E-state index contributed by atoms with van der Waals surface area (Å²) in [6.45, 7) is 0. The Morgan fingerprint density at radius 1 is 1.57 bits per heavy atom. The van der Waals surface area contributed by atoms with Crippen LogP contribution in [0.3, 0.4) is 0 Å². The average Bonchev–Trinajstić information content (AvgIpc) is 2.56. The summed E-state index contributed by atoms with van der Waals surface area (Å²) in [6.07, 6.45) is 2.71. The molecule has 2 rings (SSSR count). The molecular formula is C10H9BrN2S. The van der Waals surface area contributed by atoms with Crippen LogP contribution in [0.5, 0.6) is 0 Å². The summed E-state index contributed by atoms with van der Waals surface area (Å²) in [5, 5.41) is 1.11. The number of hydrogen-bond acceptors (Lipinski definition) is 3. The predicted molar refractivity (Wildman–Crippen MR) is 65.4 cm³/mol. The Kier molecular flexibility index (Phi) is 2.93. The van der Waals surface area contributed by atoms with Gasteiger partial charge in [0.2, 0.25) is 0 Å². The zero-order chi connectivity index (χ0) is 9.97. The Hall–Kier alpha value is -0.740. The lowest BCUT2D eigenvalue weighted by Crippen LogP contribution is -1.82. The van der Waals surface area contributed by atoms with Crippen LogP contribution in [0, 0.1) is 0 Å². The van der Waals surface area contributed by atoms with E-state index in [1.54, 1.807) is 18.4 Å². The summed E-state index contributed by atoms with van der Waals surface area (Å²) >= 11 is 5.16. The van der Waals surface area contributed by atoms with Gasteiger partial charge >= 0.3 is 0 Å². The third kappa shape index (κ3) is 2.01. The van der Waals surface area contributed by atoms with Crippen molar-refractivity contribution in [3.05, 3.63) is 27.7 Å². The van der Waals surface area contributed by atoms with Crippen molar-refractivity contribution < 1.29 is 0 Å². The molecule has 0 saturated carbocycles. The minimum atomic E-state index is 0.827. The van der Waals surface area contributed by atoms with Gasteiger partial charge in [0.25, 0.3) is 0 Å². The van der Waals surface area contributed by atoms with E-state index in [0.717, 1.165) is 21.4 Å². The molecule has 4 heteroatoms. The van der Waals surface area contributed by atoms with E-state index in [9.17, 15) is 0 Å². The fourth-order valence-corrected chi connectivity index (χ4v) is 2.45. The summed E-state index contributed by atoms with van der Waals surface area (Å²) in [5.74, 6) is 0. The monoisotopic (exact) mass is 268 g/mol.